The minimum absolute atomic E-state index is 0.273. The summed E-state index contributed by atoms with van der Waals surface area (Å²) in [6.07, 6.45) is 10.8. The molecule has 2 rings (SSSR count). The fraction of sp³-hybridized carbons (Fsp3) is 0.579. The highest BCUT2D eigenvalue weighted by atomic mass is 16.5. The van der Waals surface area contributed by atoms with Crippen LogP contribution in [0.2, 0.25) is 0 Å². The van der Waals surface area contributed by atoms with Gasteiger partial charge in [-0.15, -0.1) is 0 Å². The van der Waals surface area contributed by atoms with Gasteiger partial charge in [-0.2, -0.15) is 0 Å². The van der Waals surface area contributed by atoms with Crippen molar-refractivity contribution in [1.82, 2.24) is 0 Å². The molecule has 0 heterocycles. The monoisotopic (exact) mass is 288 g/mol. The summed E-state index contributed by atoms with van der Waals surface area (Å²) < 4.78 is 5.23. The molecule has 0 aliphatic heterocycles. The predicted octanol–water partition coefficient (Wildman–Crippen LogP) is 5.03. The molecule has 0 saturated carbocycles. The van der Waals surface area contributed by atoms with Gasteiger partial charge >= 0.3 is 0 Å². The number of aromatic hydroxyl groups is 1. The minimum Gasteiger partial charge on any atom is -0.504 e. The average Bonchev–Trinajstić information content (AvgIpc) is 2.51. The van der Waals surface area contributed by atoms with Gasteiger partial charge in [0, 0.05) is 0 Å². The van der Waals surface area contributed by atoms with Crippen molar-refractivity contribution in [2.24, 2.45) is 5.92 Å². The maximum atomic E-state index is 9.86. The molecule has 1 N–H and O–H groups in total. The number of methoxy groups -OCH3 is 1. The molecule has 0 fully saturated rings. The zero-order valence-electron chi connectivity index (χ0n) is 13.6. The van der Waals surface area contributed by atoms with Gasteiger partial charge in [0.05, 0.1) is 7.11 Å². The Kier molecular flexibility index (Phi) is 5.72. The Morgan fingerprint density at radius 3 is 2.86 bits per heavy atom. The largest absolute Gasteiger partial charge is 0.504 e. The number of fused-ring (bicyclic) bond motifs is 1. The lowest BCUT2D eigenvalue weighted by Crippen LogP contribution is -2.14. The molecular weight excluding hydrogens is 260 g/mol. The van der Waals surface area contributed by atoms with Crippen LogP contribution in [0, 0.1) is 5.92 Å². The Hall–Kier alpha value is -1.44. The molecule has 1 unspecified atom stereocenters. The first-order chi connectivity index (χ1) is 10.2. The maximum absolute atomic E-state index is 9.86. The number of benzene rings is 1. The van der Waals surface area contributed by atoms with Crippen LogP contribution in [0.4, 0.5) is 0 Å². The molecule has 0 radical (unpaired) electrons. The van der Waals surface area contributed by atoms with Gasteiger partial charge in [0.25, 0.3) is 0 Å². The maximum Gasteiger partial charge on any atom is 0.160 e. The molecule has 0 saturated heterocycles. The van der Waals surface area contributed by atoms with Crippen LogP contribution in [0.25, 0.3) is 0 Å². The van der Waals surface area contributed by atoms with E-state index in [1.165, 1.54) is 43.2 Å². The number of aryl methyl sites for hydroxylation is 1. The number of phenols is 1. The lowest BCUT2D eigenvalue weighted by atomic mass is 9.81. The first-order valence-corrected chi connectivity index (χ1v) is 8.20. The van der Waals surface area contributed by atoms with Crippen LogP contribution in [0.1, 0.15) is 57.1 Å². The zero-order chi connectivity index (χ0) is 15.2. The average molecular weight is 288 g/mol. The van der Waals surface area contributed by atoms with Crippen molar-refractivity contribution in [3.05, 3.63) is 34.9 Å². The van der Waals surface area contributed by atoms with E-state index in [4.69, 9.17) is 4.74 Å². The molecule has 0 aromatic heterocycles. The minimum atomic E-state index is 0.273. The summed E-state index contributed by atoms with van der Waals surface area (Å²) in [5, 5.41) is 9.86. The Labute approximate surface area is 128 Å². The Morgan fingerprint density at radius 1 is 1.38 bits per heavy atom. The molecular formula is C19H28O2. The van der Waals surface area contributed by atoms with Crippen LogP contribution in [-0.4, -0.2) is 12.2 Å². The van der Waals surface area contributed by atoms with Crippen molar-refractivity contribution < 1.29 is 9.84 Å². The molecule has 1 aromatic carbocycles. The van der Waals surface area contributed by atoms with E-state index >= 15 is 0 Å². The molecule has 2 nitrogen and oxygen atoms in total. The Balaban J connectivity index is 1.93. The zero-order valence-corrected chi connectivity index (χ0v) is 13.6. The van der Waals surface area contributed by atoms with E-state index in [9.17, 15) is 5.11 Å². The first kappa shape index (κ1) is 15.9. The second-order valence-electron chi connectivity index (χ2n) is 6.09. The van der Waals surface area contributed by atoms with Gasteiger partial charge in [0.2, 0.25) is 0 Å². The summed E-state index contributed by atoms with van der Waals surface area (Å²) in [4.78, 5) is 0. The van der Waals surface area contributed by atoms with Crippen molar-refractivity contribution >= 4 is 0 Å². The van der Waals surface area contributed by atoms with Gasteiger partial charge in [-0.3, -0.25) is 0 Å². The Morgan fingerprint density at radius 2 is 2.19 bits per heavy atom. The molecule has 1 aromatic rings. The lowest BCUT2D eigenvalue weighted by molar-refractivity contribution is 0.367. The van der Waals surface area contributed by atoms with Crippen LogP contribution >= 0.6 is 0 Å². The standard InChI is InChI=1S/C19H28O2/c1-4-14(5-2)7-6-8-15-9-10-16-12-18(20)19(21-3)13-17(16)11-15/h4,12-13,15,20H,5-11H2,1-3H3/b14-4-. The van der Waals surface area contributed by atoms with E-state index in [0.717, 1.165) is 18.8 Å². The van der Waals surface area contributed by atoms with Gasteiger partial charge in [-0.25, -0.2) is 0 Å². The second kappa shape index (κ2) is 7.53. The van der Waals surface area contributed by atoms with Crippen LogP contribution in [0.3, 0.4) is 0 Å². The van der Waals surface area contributed by atoms with E-state index in [1.54, 1.807) is 12.7 Å². The summed E-state index contributed by atoms with van der Waals surface area (Å²) in [6.45, 7) is 4.39. The molecule has 1 aliphatic rings. The molecule has 116 valence electrons. The van der Waals surface area contributed by atoms with Crippen molar-refractivity contribution in [2.45, 2.75) is 58.8 Å². The van der Waals surface area contributed by atoms with E-state index in [1.807, 2.05) is 12.1 Å². The van der Waals surface area contributed by atoms with Crippen molar-refractivity contribution in [3.8, 4) is 11.5 Å². The number of hydrogen-bond acceptors (Lipinski definition) is 2. The number of allylic oxidation sites excluding steroid dienone is 2. The van der Waals surface area contributed by atoms with Crippen LogP contribution in [-0.2, 0) is 12.8 Å². The second-order valence-corrected chi connectivity index (χ2v) is 6.09. The topological polar surface area (TPSA) is 29.5 Å². The summed E-state index contributed by atoms with van der Waals surface area (Å²) in [7, 11) is 1.62. The van der Waals surface area contributed by atoms with Gasteiger partial charge in [-0.05, 0) is 81.0 Å². The van der Waals surface area contributed by atoms with Crippen LogP contribution in [0.5, 0.6) is 11.5 Å². The smallest absolute Gasteiger partial charge is 0.160 e. The van der Waals surface area contributed by atoms with Gasteiger partial charge in [-0.1, -0.05) is 18.6 Å². The fourth-order valence-corrected chi connectivity index (χ4v) is 3.40. The summed E-state index contributed by atoms with van der Waals surface area (Å²) in [6, 6.07) is 3.92. The number of phenolic OH excluding ortho intramolecular Hbond substituents is 1. The molecule has 2 heteroatoms. The van der Waals surface area contributed by atoms with Crippen molar-refractivity contribution in [2.75, 3.05) is 7.11 Å². The summed E-state index contributed by atoms with van der Waals surface area (Å²) >= 11 is 0. The lowest BCUT2D eigenvalue weighted by Gasteiger charge is -2.25. The molecule has 0 bridgehead atoms. The van der Waals surface area contributed by atoms with Gasteiger partial charge < -0.3 is 9.84 Å². The quantitative estimate of drug-likeness (QED) is 0.744. The van der Waals surface area contributed by atoms with Gasteiger partial charge in [0.1, 0.15) is 0 Å². The van der Waals surface area contributed by atoms with Crippen LogP contribution < -0.4 is 4.74 Å². The van der Waals surface area contributed by atoms with Crippen LogP contribution in [0.15, 0.2) is 23.8 Å². The highest BCUT2D eigenvalue weighted by molar-refractivity contribution is 5.47. The molecule has 0 amide bonds. The fourth-order valence-electron chi connectivity index (χ4n) is 3.40. The predicted molar refractivity (Wildman–Crippen MR) is 88.1 cm³/mol. The van der Waals surface area contributed by atoms with Gasteiger partial charge in [0.15, 0.2) is 11.5 Å². The van der Waals surface area contributed by atoms with Crippen molar-refractivity contribution in [3.63, 3.8) is 0 Å². The third-order valence-corrected chi connectivity index (χ3v) is 4.80. The summed E-state index contributed by atoms with van der Waals surface area (Å²) in [5.41, 5.74) is 4.24. The third kappa shape index (κ3) is 4.03. The normalized spacial score (nSPS) is 18.4. The molecule has 21 heavy (non-hydrogen) atoms. The third-order valence-electron chi connectivity index (χ3n) is 4.80. The SMILES string of the molecule is C/C=C(/CC)CCCC1CCc2cc(O)c(OC)cc2C1. The highest BCUT2D eigenvalue weighted by Crippen LogP contribution is 2.36. The van der Waals surface area contributed by atoms with E-state index in [2.05, 4.69) is 19.9 Å². The molecule has 0 spiro atoms. The number of ether oxygens (including phenoxy) is 1. The number of rotatable bonds is 6. The molecule has 1 aliphatic carbocycles. The van der Waals surface area contributed by atoms with E-state index in [-0.39, 0.29) is 5.75 Å². The Bertz CT molecular complexity index is 503. The van der Waals surface area contributed by atoms with Crippen molar-refractivity contribution in [1.29, 1.82) is 0 Å². The van der Waals surface area contributed by atoms with E-state index < -0.39 is 0 Å². The highest BCUT2D eigenvalue weighted by Gasteiger charge is 2.20. The van der Waals surface area contributed by atoms with E-state index in [0.29, 0.717) is 5.75 Å². The first-order valence-electron chi connectivity index (χ1n) is 8.20. The molecule has 1 atom stereocenters. The number of hydrogen-bond donors (Lipinski definition) is 1. The summed E-state index contributed by atoms with van der Waals surface area (Å²) in [5.74, 6) is 1.66.